The molecule has 0 fully saturated rings. The van der Waals surface area contributed by atoms with Crippen LogP contribution in [0.4, 0.5) is 5.95 Å². The van der Waals surface area contributed by atoms with E-state index in [4.69, 9.17) is 34.0 Å². The van der Waals surface area contributed by atoms with Crippen LogP contribution in [0.1, 0.15) is 5.56 Å². The molecule has 170 valence electrons. The van der Waals surface area contributed by atoms with E-state index in [1.165, 1.54) is 0 Å². The summed E-state index contributed by atoms with van der Waals surface area (Å²) in [6.07, 6.45) is 1.85. The predicted molar refractivity (Wildman–Crippen MR) is 117 cm³/mol. The maximum absolute atomic E-state index is 9.10. The fourth-order valence-electron chi connectivity index (χ4n) is 2.82. The zero-order valence-electron chi connectivity index (χ0n) is 18.2. The summed E-state index contributed by atoms with van der Waals surface area (Å²) in [4.78, 5) is 22.7. The van der Waals surface area contributed by atoms with Gasteiger partial charge in [0.2, 0.25) is 5.95 Å². The average molecular weight is 443 g/mol. The lowest BCUT2D eigenvalue weighted by atomic mass is 10.1. The van der Waals surface area contributed by atoms with Crippen LogP contribution in [0.2, 0.25) is 0 Å². The monoisotopic (exact) mass is 443 g/mol. The van der Waals surface area contributed by atoms with E-state index >= 15 is 0 Å². The number of hydrogen-bond donors (Lipinski definition) is 3. The van der Waals surface area contributed by atoms with Crippen molar-refractivity contribution in [2.75, 3.05) is 26.6 Å². The number of aliphatic carboxylic acids is 2. The lowest BCUT2D eigenvalue weighted by Gasteiger charge is -2.12. The Morgan fingerprint density at radius 1 is 0.969 bits per heavy atom. The summed E-state index contributed by atoms with van der Waals surface area (Å²) in [5.41, 5.74) is 3.05. The molecule has 0 unspecified atom stereocenters. The molecule has 0 aliphatic rings. The van der Waals surface area contributed by atoms with E-state index in [1.54, 1.807) is 21.3 Å². The number of carboxylic acid groups (broad SMARTS) is 2. The molecular formula is C22H25N3O7. The van der Waals surface area contributed by atoms with Crippen LogP contribution < -0.4 is 19.5 Å². The van der Waals surface area contributed by atoms with E-state index in [0.29, 0.717) is 6.54 Å². The highest BCUT2D eigenvalue weighted by atomic mass is 16.5. The van der Waals surface area contributed by atoms with Gasteiger partial charge in [0.15, 0.2) is 0 Å². The number of ether oxygens (including phenoxy) is 3. The van der Waals surface area contributed by atoms with Gasteiger partial charge in [0.25, 0.3) is 0 Å². The molecule has 3 N–H and O–H groups in total. The molecule has 3 rings (SSSR count). The molecule has 0 aliphatic heterocycles. The molecule has 0 atom stereocenters. The predicted octanol–water partition coefficient (Wildman–Crippen LogP) is 2.88. The number of nitrogens with zero attached hydrogens (tertiary/aromatic N) is 2. The van der Waals surface area contributed by atoms with Gasteiger partial charge in [-0.2, -0.15) is 0 Å². The molecule has 1 aromatic heterocycles. The van der Waals surface area contributed by atoms with Gasteiger partial charge in [-0.3, -0.25) is 0 Å². The fraction of sp³-hybridized carbons (Fsp3) is 0.227. The number of rotatable bonds is 7. The van der Waals surface area contributed by atoms with Crippen LogP contribution in [0.15, 0.2) is 48.7 Å². The average Bonchev–Trinajstić information content (AvgIpc) is 3.17. The summed E-state index contributed by atoms with van der Waals surface area (Å²) < 4.78 is 18.0. The van der Waals surface area contributed by atoms with Crippen molar-refractivity contribution in [2.45, 2.75) is 6.54 Å². The third-order valence-electron chi connectivity index (χ3n) is 4.46. The lowest BCUT2D eigenvalue weighted by molar-refractivity contribution is -0.159. The smallest absolute Gasteiger partial charge is 0.414 e. The van der Waals surface area contributed by atoms with Crippen molar-refractivity contribution >= 4 is 17.9 Å². The minimum atomic E-state index is -1.82. The maximum atomic E-state index is 9.10. The summed E-state index contributed by atoms with van der Waals surface area (Å²) >= 11 is 0. The van der Waals surface area contributed by atoms with Crippen LogP contribution >= 0.6 is 0 Å². The van der Waals surface area contributed by atoms with Crippen LogP contribution in [0.5, 0.6) is 17.2 Å². The molecule has 0 bridgehead atoms. The van der Waals surface area contributed by atoms with Crippen molar-refractivity contribution in [2.24, 2.45) is 7.05 Å². The topological polar surface area (TPSA) is 132 Å². The molecule has 0 amide bonds. The van der Waals surface area contributed by atoms with E-state index < -0.39 is 11.9 Å². The number of anilines is 1. The van der Waals surface area contributed by atoms with Gasteiger partial charge >= 0.3 is 11.9 Å². The number of benzene rings is 2. The van der Waals surface area contributed by atoms with Gasteiger partial charge < -0.3 is 34.3 Å². The summed E-state index contributed by atoms with van der Waals surface area (Å²) in [5.74, 6) is -0.461. The van der Waals surface area contributed by atoms with E-state index in [-0.39, 0.29) is 0 Å². The van der Waals surface area contributed by atoms with Crippen LogP contribution in [0.3, 0.4) is 0 Å². The number of nitrogens with one attached hydrogen (secondary N) is 1. The second-order valence-electron chi connectivity index (χ2n) is 6.40. The van der Waals surface area contributed by atoms with Crippen molar-refractivity contribution in [1.82, 2.24) is 9.55 Å². The number of aromatic nitrogens is 2. The summed E-state index contributed by atoms with van der Waals surface area (Å²) in [6.45, 7) is 0.572. The van der Waals surface area contributed by atoms with E-state index in [9.17, 15) is 0 Å². The molecule has 0 radical (unpaired) electrons. The fourth-order valence-corrected chi connectivity index (χ4v) is 2.82. The first-order valence-electron chi connectivity index (χ1n) is 9.37. The zero-order valence-corrected chi connectivity index (χ0v) is 18.2. The minimum absolute atomic E-state index is 0.572. The highest BCUT2D eigenvalue weighted by Gasteiger charge is 2.11. The van der Waals surface area contributed by atoms with E-state index in [1.807, 2.05) is 60.3 Å². The van der Waals surface area contributed by atoms with Crippen LogP contribution in [0.25, 0.3) is 11.3 Å². The Bertz CT molecular complexity index is 1070. The summed E-state index contributed by atoms with van der Waals surface area (Å²) in [5, 5.41) is 18.1. The number of hydrogen-bond acceptors (Lipinski definition) is 7. The van der Waals surface area contributed by atoms with Crippen LogP contribution in [0, 0.1) is 0 Å². The molecule has 0 saturated carbocycles. The molecule has 0 saturated heterocycles. The molecular weight excluding hydrogens is 418 g/mol. The van der Waals surface area contributed by atoms with Gasteiger partial charge in [-0.25, -0.2) is 14.6 Å². The summed E-state index contributed by atoms with van der Waals surface area (Å²) in [7, 11) is 6.95. The quantitative estimate of drug-likeness (QED) is 0.472. The van der Waals surface area contributed by atoms with Crippen molar-refractivity contribution in [1.29, 1.82) is 0 Å². The first-order valence-corrected chi connectivity index (χ1v) is 9.37. The van der Waals surface area contributed by atoms with Crippen molar-refractivity contribution in [3.8, 4) is 28.5 Å². The second kappa shape index (κ2) is 11.3. The Labute approximate surface area is 185 Å². The lowest BCUT2D eigenvalue weighted by Crippen LogP contribution is -2.09. The van der Waals surface area contributed by atoms with Gasteiger partial charge in [-0.05, 0) is 30.3 Å². The molecule has 2 aromatic carbocycles. The van der Waals surface area contributed by atoms with Gasteiger partial charge in [-0.15, -0.1) is 0 Å². The highest BCUT2D eigenvalue weighted by molar-refractivity contribution is 6.27. The SMILES string of the molecule is COc1cccc(-c2cnc(NCc3cc(OC)ccc3OC)n2C)c1.O=C(O)C(=O)O. The Morgan fingerprint density at radius 2 is 1.62 bits per heavy atom. The Kier molecular flexibility index (Phi) is 8.46. The standard InChI is InChI=1S/C20H23N3O3.C2H2O4/c1-23-18(14-6-5-7-16(10-14)24-2)13-22-20(23)21-12-15-11-17(25-3)8-9-19(15)26-4;3-1(4)2(5)6/h5-11,13H,12H2,1-4H3,(H,21,22);(H,3,4)(H,5,6). The van der Waals surface area contributed by atoms with Crippen molar-refractivity contribution < 1.29 is 34.0 Å². The molecule has 1 heterocycles. The van der Waals surface area contributed by atoms with Gasteiger partial charge in [0.1, 0.15) is 17.2 Å². The molecule has 0 aliphatic carbocycles. The molecule has 0 spiro atoms. The Morgan fingerprint density at radius 3 is 2.22 bits per heavy atom. The molecule has 10 heteroatoms. The van der Waals surface area contributed by atoms with Crippen LogP contribution in [-0.2, 0) is 23.2 Å². The highest BCUT2D eigenvalue weighted by Crippen LogP contribution is 2.27. The summed E-state index contributed by atoms with van der Waals surface area (Å²) in [6, 6.07) is 13.7. The number of carbonyl (C=O) groups is 2. The third-order valence-corrected chi connectivity index (χ3v) is 4.46. The minimum Gasteiger partial charge on any atom is -0.497 e. The van der Waals surface area contributed by atoms with E-state index in [2.05, 4.69) is 10.3 Å². The van der Waals surface area contributed by atoms with Gasteiger partial charge in [0.05, 0.1) is 33.2 Å². The normalized spacial score (nSPS) is 9.88. The number of imidazole rings is 1. The Balaban J connectivity index is 0.000000534. The molecule has 32 heavy (non-hydrogen) atoms. The van der Waals surface area contributed by atoms with E-state index in [0.717, 1.165) is 40.0 Å². The second-order valence-corrected chi connectivity index (χ2v) is 6.40. The van der Waals surface area contributed by atoms with Gasteiger partial charge in [0, 0.05) is 24.7 Å². The molecule has 3 aromatic rings. The third kappa shape index (κ3) is 6.14. The first kappa shape index (κ1) is 24.1. The van der Waals surface area contributed by atoms with Gasteiger partial charge in [-0.1, -0.05) is 12.1 Å². The Hall–Kier alpha value is -4.21. The van der Waals surface area contributed by atoms with Crippen LogP contribution in [-0.4, -0.2) is 53.0 Å². The molecule has 10 nitrogen and oxygen atoms in total. The van der Waals surface area contributed by atoms with Crippen molar-refractivity contribution in [3.05, 3.63) is 54.2 Å². The maximum Gasteiger partial charge on any atom is 0.414 e. The largest absolute Gasteiger partial charge is 0.497 e. The number of methoxy groups -OCH3 is 3. The number of carboxylic acids is 2. The van der Waals surface area contributed by atoms with Crippen molar-refractivity contribution in [3.63, 3.8) is 0 Å². The first-order chi connectivity index (χ1) is 15.3. The zero-order chi connectivity index (χ0) is 23.7.